The minimum Gasteiger partial charge on any atom is -0.0845 e. The van der Waals surface area contributed by atoms with Crippen LogP contribution in [0.1, 0.15) is 457 Å². The van der Waals surface area contributed by atoms with Crippen molar-refractivity contribution in [3.63, 3.8) is 0 Å². The van der Waals surface area contributed by atoms with Gasteiger partial charge in [-0.15, -0.1) is 0 Å². The molecule has 0 aromatic rings. The van der Waals surface area contributed by atoms with Crippen LogP contribution in [0.5, 0.6) is 0 Å². The van der Waals surface area contributed by atoms with Crippen LogP contribution in [0.4, 0.5) is 0 Å². The molecule has 0 amide bonds. The summed E-state index contributed by atoms with van der Waals surface area (Å²) in [5, 5.41) is 0. The lowest BCUT2D eigenvalue weighted by molar-refractivity contribution is -0.140. The molecule has 0 bridgehead atoms. The van der Waals surface area contributed by atoms with Gasteiger partial charge < -0.3 is 0 Å². The summed E-state index contributed by atoms with van der Waals surface area (Å²) in [6, 6.07) is 0. The lowest BCUT2D eigenvalue weighted by Gasteiger charge is -2.63. The van der Waals surface area contributed by atoms with Gasteiger partial charge in [-0.05, 0) is 452 Å². The van der Waals surface area contributed by atoms with Crippen LogP contribution in [0.3, 0.4) is 0 Å². The zero-order valence-electron chi connectivity index (χ0n) is 82.9. The molecule has 0 aromatic carbocycles. The van der Waals surface area contributed by atoms with Gasteiger partial charge >= 0.3 is 0 Å². The summed E-state index contributed by atoms with van der Waals surface area (Å²) in [6.07, 6.45) is 72.9. The van der Waals surface area contributed by atoms with E-state index in [1.54, 1.807) is 37.7 Å². The third-order valence-corrected chi connectivity index (χ3v) is 43.6. The molecule has 16 aliphatic rings. The number of hydrogen-bond donors (Lipinski definition) is 0. The van der Waals surface area contributed by atoms with Crippen molar-refractivity contribution in [1.82, 2.24) is 0 Å². The molecular weight excluding hydrogens is 1390 g/mol. The first-order valence-electron chi connectivity index (χ1n) is 53.5. The third-order valence-electron chi connectivity index (χ3n) is 43.6. The quantitative estimate of drug-likeness (QED) is 0.107. The monoisotopic (exact) mass is 1590 g/mol. The van der Waals surface area contributed by atoms with E-state index >= 15 is 0 Å². The molecule has 116 heavy (non-hydrogen) atoms. The Bertz CT molecular complexity index is 3300. The van der Waals surface area contributed by atoms with Gasteiger partial charge in [0.05, 0.1) is 0 Å². The molecule has 16 rings (SSSR count). The van der Waals surface area contributed by atoms with E-state index in [1.165, 1.54) is 238 Å². The van der Waals surface area contributed by atoms with Gasteiger partial charge in [0.2, 0.25) is 0 Å². The standard InChI is InChI=1S/C30H52.C29H48.C29H52.C28H48/c1-8-23(17-20(2)3)19-22(5)26-11-12-27-25-10-9-24-18-21(4)13-15-29(24,6)28(25)14-16-30(26,27)7;1-19(2)16-21(4)17-22(5)25-10-11-26-24-9-8-23-18-20(3)12-14-28(23,6)27(24)13-15-29(25,26)7;1-19(2)9-8-10-21(4)24-11-12-25-23-18-22(5)27-17-20(3)13-15-29(27,7)26(23)14-16-28(24,25)6;1-19(2)8-7-9-21(4)24-12-13-25-23-11-10-22-18-20(3)14-16-27(22,5)26(23)15-17-28(24,25)6/h9,20-23,25-28H,8,10-19H2,1-7H3;8,17,19-20,22,24-27H,9-16,18H2,1-7H3;19-27H,8-18H2,1-7H3;10,19-21,23-26H,7-9,11-18H2,1-6H3/b;21-17-;;. The van der Waals surface area contributed by atoms with Crippen LogP contribution >= 0.6 is 0 Å². The summed E-state index contributed by atoms with van der Waals surface area (Å²) < 4.78 is 0. The molecule has 0 nitrogen and oxygen atoms in total. The van der Waals surface area contributed by atoms with Crippen molar-refractivity contribution in [1.29, 1.82) is 0 Å². The van der Waals surface area contributed by atoms with Crippen molar-refractivity contribution in [2.24, 2.45) is 227 Å². The van der Waals surface area contributed by atoms with Crippen molar-refractivity contribution < 1.29 is 0 Å². The van der Waals surface area contributed by atoms with Gasteiger partial charge in [0.25, 0.3) is 0 Å². The molecule has 13 fully saturated rings. The maximum Gasteiger partial charge on any atom is -0.00851 e. The second kappa shape index (κ2) is 37.1. The molecule has 0 N–H and O–H groups in total. The fourth-order valence-electron chi connectivity index (χ4n) is 37.5. The fourth-order valence-corrected chi connectivity index (χ4v) is 37.5. The van der Waals surface area contributed by atoms with Crippen LogP contribution in [-0.4, -0.2) is 0 Å². The molecule has 35 atom stereocenters. The summed E-state index contributed by atoms with van der Waals surface area (Å²) in [7, 11) is 0. The summed E-state index contributed by atoms with van der Waals surface area (Å²) >= 11 is 0. The molecule has 16 aliphatic carbocycles. The Morgan fingerprint density at radius 1 is 0.345 bits per heavy atom. The molecule has 0 aliphatic heterocycles. The first-order valence-corrected chi connectivity index (χ1v) is 53.5. The van der Waals surface area contributed by atoms with Gasteiger partial charge in [0.1, 0.15) is 0 Å². The normalized spacial score (nSPS) is 47.1. The largest absolute Gasteiger partial charge is 0.0845 e. The molecule has 35 unspecified atom stereocenters. The van der Waals surface area contributed by atoms with Crippen molar-refractivity contribution >= 4 is 0 Å². The number of hydrogen-bond acceptors (Lipinski definition) is 0. The highest BCUT2D eigenvalue weighted by Gasteiger charge is 2.65. The molecule has 0 heterocycles. The third kappa shape index (κ3) is 18.1. The fraction of sp³-hybridized carbons (Fsp3) is 0.931. The number of rotatable bonds is 20. The molecule has 13 saturated carbocycles. The zero-order valence-corrected chi connectivity index (χ0v) is 82.9. The minimum absolute atomic E-state index is 0.536. The van der Waals surface area contributed by atoms with Crippen molar-refractivity contribution in [2.75, 3.05) is 0 Å². The second-order valence-corrected chi connectivity index (χ2v) is 52.5. The summed E-state index contributed by atoms with van der Waals surface area (Å²) in [6.45, 7) is 68.6. The first-order chi connectivity index (χ1) is 54.8. The number of allylic oxidation sites excluding steroid dienone is 8. The highest BCUT2D eigenvalue weighted by Crippen LogP contribution is 2.74. The van der Waals surface area contributed by atoms with Crippen LogP contribution in [0.2, 0.25) is 0 Å². The van der Waals surface area contributed by atoms with Crippen molar-refractivity contribution in [2.45, 2.75) is 457 Å². The van der Waals surface area contributed by atoms with Gasteiger partial charge in [0.15, 0.2) is 0 Å². The smallest absolute Gasteiger partial charge is 0.00851 e. The van der Waals surface area contributed by atoms with Crippen molar-refractivity contribution in [3.05, 3.63) is 46.6 Å². The molecule has 0 aromatic heterocycles. The Labute approximate surface area is 725 Å². The minimum atomic E-state index is 0.536. The van der Waals surface area contributed by atoms with Crippen LogP contribution in [-0.2, 0) is 0 Å². The maximum atomic E-state index is 2.76. The van der Waals surface area contributed by atoms with Crippen LogP contribution in [0.25, 0.3) is 0 Å². The highest BCUT2D eigenvalue weighted by molar-refractivity contribution is 5.29. The van der Waals surface area contributed by atoms with E-state index in [0.717, 1.165) is 183 Å². The second-order valence-electron chi connectivity index (χ2n) is 52.5. The van der Waals surface area contributed by atoms with Gasteiger partial charge in [-0.1, -0.05) is 278 Å². The van der Waals surface area contributed by atoms with E-state index in [9.17, 15) is 0 Å². The van der Waals surface area contributed by atoms with E-state index in [0.29, 0.717) is 43.3 Å². The predicted octanol–water partition coefficient (Wildman–Crippen LogP) is 35.8. The van der Waals surface area contributed by atoms with E-state index in [4.69, 9.17) is 0 Å². The molecule has 0 saturated heterocycles. The SMILES string of the molecule is C/C(=C/C(C)C1CCC2C3CC=C4CC(C)CCC4(C)C3CCC12C)CC(C)C.CC(C)CCCC(C)C1CCC2C3CC(C)C4CC(C)CCC4(C)C3CCC12C.CC(C)CCCC(C)C1CCC2C3CC=C4CC(C)CCC4(C)C3CCC12C.CCC(CC(C)C)CC(C)C1CCC2C3CC=C4CC(C)CCC4(C)C3CCC12C. The Kier molecular flexibility index (Phi) is 29.6. The van der Waals surface area contributed by atoms with E-state index in [1.807, 2.05) is 16.7 Å². The predicted molar refractivity (Wildman–Crippen MR) is 507 cm³/mol. The molecule has 664 valence electrons. The van der Waals surface area contributed by atoms with Crippen LogP contribution in [0, 0.1) is 227 Å². The maximum absolute atomic E-state index is 2.76. The van der Waals surface area contributed by atoms with Crippen LogP contribution in [0.15, 0.2) is 46.6 Å². The van der Waals surface area contributed by atoms with Crippen LogP contribution < -0.4 is 0 Å². The summed E-state index contributed by atoms with van der Waals surface area (Å²) in [4.78, 5) is 0. The van der Waals surface area contributed by atoms with E-state index < -0.39 is 0 Å². The average molecular weight is 1590 g/mol. The summed E-state index contributed by atoms with van der Waals surface area (Å²) in [5.41, 5.74) is 12.0. The Balaban J connectivity index is 0.000000135. The number of fused-ring (bicyclic) bond motifs is 20. The van der Waals surface area contributed by atoms with Gasteiger partial charge in [0, 0.05) is 0 Å². The zero-order chi connectivity index (χ0) is 83.7. The molecule has 0 heteroatoms. The molecule has 0 spiro atoms. The van der Waals surface area contributed by atoms with Gasteiger partial charge in [-0.25, -0.2) is 0 Å². The summed E-state index contributed by atoms with van der Waals surface area (Å²) in [5.74, 6) is 29.5. The van der Waals surface area contributed by atoms with E-state index in [-0.39, 0.29) is 0 Å². The Morgan fingerprint density at radius 3 is 1.09 bits per heavy atom. The Morgan fingerprint density at radius 2 is 0.698 bits per heavy atom. The molecule has 0 radical (unpaired) electrons. The van der Waals surface area contributed by atoms with E-state index in [2.05, 4.69) is 211 Å². The topological polar surface area (TPSA) is 0 Å². The lowest BCUT2D eigenvalue weighted by atomic mass is 9.42. The van der Waals surface area contributed by atoms with Gasteiger partial charge in [-0.3, -0.25) is 0 Å². The Hall–Kier alpha value is -1.04. The lowest BCUT2D eigenvalue weighted by Crippen LogP contribution is -2.55. The van der Waals surface area contributed by atoms with Gasteiger partial charge in [-0.2, -0.15) is 0 Å². The first kappa shape index (κ1) is 92.6. The highest BCUT2D eigenvalue weighted by atomic mass is 14.7. The average Bonchev–Trinajstić information content (AvgIpc) is 1.42. The van der Waals surface area contributed by atoms with Crippen molar-refractivity contribution in [3.8, 4) is 0 Å². The molecular formula is C116H200.